The van der Waals surface area contributed by atoms with Crippen LogP contribution in [0.2, 0.25) is 0 Å². The zero-order chi connectivity index (χ0) is 10.3. The highest BCUT2D eigenvalue weighted by Crippen LogP contribution is 1.93. The van der Waals surface area contributed by atoms with Gasteiger partial charge in [-0.2, -0.15) is 5.06 Å². The van der Waals surface area contributed by atoms with Crippen LogP contribution in [0, 0.1) is 0 Å². The van der Waals surface area contributed by atoms with Gasteiger partial charge in [0, 0.05) is 20.0 Å². The van der Waals surface area contributed by atoms with Crippen molar-refractivity contribution in [2.75, 3.05) is 20.7 Å². The van der Waals surface area contributed by atoms with Crippen molar-refractivity contribution >= 4 is 12.4 Å². The molecule has 0 rings (SSSR count). The predicted molar refractivity (Wildman–Crippen MR) is 45.3 cm³/mol. The van der Waals surface area contributed by atoms with Gasteiger partial charge in [-0.3, -0.25) is 0 Å². The normalized spacial score (nSPS) is 12.5. The molecule has 13 heavy (non-hydrogen) atoms. The second-order valence-corrected chi connectivity index (χ2v) is 2.54. The smallest absolute Gasteiger partial charge is 0.404 e. The Labute approximate surface area is 76.4 Å². The lowest BCUT2D eigenvalue weighted by atomic mass is 10.2. The van der Waals surface area contributed by atoms with Gasteiger partial charge in [0.05, 0.1) is 13.2 Å². The van der Waals surface area contributed by atoms with Gasteiger partial charge >= 0.3 is 6.09 Å². The molecule has 6 nitrogen and oxygen atoms in total. The van der Waals surface area contributed by atoms with Crippen LogP contribution in [-0.2, 0) is 9.63 Å². The molecule has 0 radical (unpaired) electrons. The van der Waals surface area contributed by atoms with E-state index in [2.05, 4.69) is 5.32 Å². The summed E-state index contributed by atoms with van der Waals surface area (Å²) in [5, 5.41) is 12.1. The van der Waals surface area contributed by atoms with E-state index in [1.54, 1.807) is 7.05 Å². The van der Waals surface area contributed by atoms with Crippen LogP contribution in [0.25, 0.3) is 0 Å². The van der Waals surface area contributed by atoms with E-state index in [0.717, 1.165) is 0 Å². The van der Waals surface area contributed by atoms with Gasteiger partial charge in [-0.05, 0) is 0 Å². The maximum absolute atomic E-state index is 10.3. The molecule has 76 valence electrons. The molecule has 0 aliphatic heterocycles. The number of aldehydes is 1. The van der Waals surface area contributed by atoms with Crippen molar-refractivity contribution in [2.45, 2.75) is 12.5 Å². The minimum atomic E-state index is -1.14. The Balaban J connectivity index is 3.92. The quantitative estimate of drug-likeness (QED) is 0.444. The molecule has 0 fully saturated rings. The maximum atomic E-state index is 10.3. The molecule has 0 spiro atoms. The summed E-state index contributed by atoms with van der Waals surface area (Å²) in [5.74, 6) is 0. The third-order valence-electron chi connectivity index (χ3n) is 1.50. The second kappa shape index (κ2) is 6.38. The molecular weight excluding hydrogens is 176 g/mol. The molecule has 0 aliphatic carbocycles. The van der Waals surface area contributed by atoms with E-state index in [-0.39, 0.29) is 6.42 Å². The molecule has 1 amide bonds. The molecule has 0 heterocycles. The zero-order valence-corrected chi connectivity index (χ0v) is 7.69. The minimum absolute atomic E-state index is 0.139. The fourth-order valence-electron chi connectivity index (χ4n) is 0.855. The van der Waals surface area contributed by atoms with Gasteiger partial charge in [0.1, 0.15) is 6.29 Å². The van der Waals surface area contributed by atoms with Crippen molar-refractivity contribution in [3.05, 3.63) is 0 Å². The van der Waals surface area contributed by atoms with Gasteiger partial charge in [-0.1, -0.05) is 0 Å². The molecule has 0 bridgehead atoms. The van der Waals surface area contributed by atoms with Crippen molar-refractivity contribution in [3.63, 3.8) is 0 Å². The molecule has 0 aromatic carbocycles. The van der Waals surface area contributed by atoms with Crippen molar-refractivity contribution < 1.29 is 19.5 Å². The lowest BCUT2D eigenvalue weighted by Gasteiger charge is -2.20. The first kappa shape index (κ1) is 11.9. The summed E-state index contributed by atoms with van der Waals surface area (Å²) in [5.41, 5.74) is 0. The summed E-state index contributed by atoms with van der Waals surface area (Å²) in [4.78, 5) is 25.2. The number of likely N-dealkylation sites (N-methyl/N-ethyl adjacent to an activating group) is 1. The van der Waals surface area contributed by atoms with E-state index >= 15 is 0 Å². The Morgan fingerprint density at radius 2 is 2.38 bits per heavy atom. The average molecular weight is 190 g/mol. The number of hydrogen-bond acceptors (Lipinski definition) is 4. The van der Waals surface area contributed by atoms with Crippen LogP contribution in [-0.4, -0.2) is 49.3 Å². The molecule has 1 atom stereocenters. The van der Waals surface area contributed by atoms with Gasteiger partial charge in [0.25, 0.3) is 0 Å². The van der Waals surface area contributed by atoms with Crippen LogP contribution in [0.15, 0.2) is 0 Å². The molecule has 0 saturated carbocycles. The van der Waals surface area contributed by atoms with E-state index in [9.17, 15) is 9.59 Å². The Hall–Kier alpha value is -1.14. The number of hydroxylamine groups is 2. The Morgan fingerprint density at radius 3 is 2.77 bits per heavy atom. The molecule has 0 aromatic rings. The standard InChI is InChI=1S/C7H14N2O4/c1-9(13-2)5-6(3-4-10)8-7(11)12/h4,6,8H,3,5H2,1-2H3,(H,11,12). The van der Waals surface area contributed by atoms with Crippen LogP contribution in [0.4, 0.5) is 4.79 Å². The van der Waals surface area contributed by atoms with Crippen LogP contribution in [0.3, 0.4) is 0 Å². The highest BCUT2D eigenvalue weighted by atomic mass is 16.7. The summed E-state index contributed by atoms with van der Waals surface area (Å²) in [6, 6.07) is -0.431. The molecule has 2 N–H and O–H groups in total. The highest BCUT2D eigenvalue weighted by Gasteiger charge is 2.12. The van der Waals surface area contributed by atoms with E-state index in [1.165, 1.54) is 12.2 Å². The first-order valence-electron chi connectivity index (χ1n) is 3.78. The molecular formula is C7H14N2O4. The number of nitrogens with zero attached hydrogens (tertiary/aromatic N) is 1. The summed E-state index contributed by atoms with van der Waals surface area (Å²) in [6.07, 6.45) is -0.333. The Morgan fingerprint density at radius 1 is 1.77 bits per heavy atom. The SMILES string of the molecule is CON(C)CC(CC=O)NC(=O)O. The number of hydrogen-bond donors (Lipinski definition) is 2. The van der Waals surface area contributed by atoms with Crippen LogP contribution >= 0.6 is 0 Å². The van der Waals surface area contributed by atoms with E-state index in [1.807, 2.05) is 0 Å². The maximum Gasteiger partial charge on any atom is 0.404 e. The topological polar surface area (TPSA) is 78.9 Å². The molecule has 0 aliphatic rings. The second-order valence-electron chi connectivity index (χ2n) is 2.54. The molecule has 0 aromatic heterocycles. The third kappa shape index (κ3) is 6.06. The lowest BCUT2D eigenvalue weighted by molar-refractivity contribution is -0.117. The van der Waals surface area contributed by atoms with Crippen LogP contribution in [0.1, 0.15) is 6.42 Å². The van der Waals surface area contributed by atoms with E-state index in [0.29, 0.717) is 12.8 Å². The third-order valence-corrected chi connectivity index (χ3v) is 1.50. The Kier molecular flexibility index (Phi) is 5.82. The highest BCUT2D eigenvalue weighted by molar-refractivity contribution is 5.65. The summed E-state index contributed by atoms with van der Waals surface area (Å²) in [6.45, 7) is 0.335. The minimum Gasteiger partial charge on any atom is -0.465 e. The largest absolute Gasteiger partial charge is 0.465 e. The molecule has 6 heteroatoms. The van der Waals surface area contributed by atoms with Gasteiger partial charge in [0.15, 0.2) is 0 Å². The lowest BCUT2D eigenvalue weighted by Crippen LogP contribution is -2.42. The van der Waals surface area contributed by atoms with Crippen molar-refractivity contribution in [1.29, 1.82) is 0 Å². The van der Waals surface area contributed by atoms with Gasteiger partial charge in [-0.25, -0.2) is 4.79 Å². The fraction of sp³-hybridized carbons (Fsp3) is 0.714. The number of carbonyl (C=O) groups is 2. The average Bonchev–Trinajstić information content (AvgIpc) is 2.03. The number of carbonyl (C=O) groups excluding carboxylic acids is 1. The van der Waals surface area contributed by atoms with Crippen LogP contribution < -0.4 is 5.32 Å². The van der Waals surface area contributed by atoms with E-state index in [4.69, 9.17) is 9.94 Å². The van der Waals surface area contributed by atoms with Gasteiger partial charge in [-0.15, -0.1) is 0 Å². The van der Waals surface area contributed by atoms with E-state index < -0.39 is 12.1 Å². The molecule has 0 saturated heterocycles. The fourth-order valence-corrected chi connectivity index (χ4v) is 0.855. The Bertz CT molecular complexity index is 174. The first-order chi connectivity index (χ1) is 6.10. The number of amides is 1. The molecule has 1 unspecified atom stereocenters. The number of nitrogens with one attached hydrogen (secondary N) is 1. The summed E-state index contributed by atoms with van der Waals surface area (Å²) >= 11 is 0. The first-order valence-corrected chi connectivity index (χ1v) is 3.78. The number of carboxylic acid groups (broad SMARTS) is 1. The summed E-state index contributed by atoms with van der Waals surface area (Å²) in [7, 11) is 3.13. The monoisotopic (exact) mass is 190 g/mol. The van der Waals surface area contributed by atoms with Gasteiger partial charge < -0.3 is 20.1 Å². The van der Waals surface area contributed by atoms with Crippen molar-refractivity contribution in [2.24, 2.45) is 0 Å². The predicted octanol–water partition coefficient (Wildman–Crippen LogP) is -0.295. The van der Waals surface area contributed by atoms with Gasteiger partial charge in [0.2, 0.25) is 0 Å². The van der Waals surface area contributed by atoms with Crippen LogP contribution in [0.5, 0.6) is 0 Å². The zero-order valence-electron chi connectivity index (χ0n) is 7.69. The number of rotatable bonds is 6. The van der Waals surface area contributed by atoms with Crippen molar-refractivity contribution in [3.8, 4) is 0 Å². The van der Waals surface area contributed by atoms with Crippen molar-refractivity contribution in [1.82, 2.24) is 10.4 Å². The summed E-state index contributed by atoms with van der Waals surface area (Å²) < 4.78 is 0.